The number of carbonyl (C=O) groups excluding carboxylic acids is 1. The summed E-state index contributed by atoms with van der Waals surface area (Å²) in [6.07, 6.45) is 1.01. The highest BCUT2D eigenvalue weighted by molar-refractivity contribution is 5.96. The predicted octanol–water partition coefficient (Wildman–Crippen LogP) is 3.14. The van der Waals surface area contributed by atoms with Gasteiger partial charge in [-0.2, -0.15) is 0 Å². The van der Waals surface area contributed by atoms with Gasteiger partial charge in [-0.3, -0.25) is 0 Å². The van der Waals surface area contributed by atoms with Crippen LogP contribution in [0.1, 0.15) is 22.8 Å². The summed E-state index contributed by atoms with van der Waals surface area (Å²) in [6, 6.07) is 13.8. The van der Waals surface area contributed by atoms with E-state index in [0.29, 0.717) is 17.9 Å². The molecule has 0 unspecified atom stereocenters. The second kappa shape index (κ2) is 5.48. The normalized spacial score (nSPS) is 13.1. The van der Waals surface area contributed by atoms with Gasteiger partial charge in [0.1, 0.15) is 0 Å². The van der Waals surface area contributed by atoms with E-state index in [0.717, 1.165) is 18.7 Å². The van der Waals surface area contributed by atoms with Crippen molar-refractivity contribution in [2.45, 2.75) is 13.3 Å². The first-order valence-corrected chi connectivity index (χ1v) is 7.13. The Morgan fingerprint density at radius 1 is 1.29 bits per heavy atom. The third-order valence-corrected chi connectivity index (χ3v) is 3.73. The Labute approximate surface area is 124 Å². The Bertz CT molecular complexity index is 682. The van der Waals surface area contributed by atoms with Crippen LogP contribution in [0.4, 0.5) is 17.1 Å². The number of rotatable bonds is 3. The quantitative estimate of drug-likeness (QED) is 0.694. The van der Waals surface area contributed by atoms with Crippen LogP contribution in [0.2, 0.25) is 0 Å². The smallest absolute Gasteiger partial charge is 0.340 e. The lowest BCUT2D eigenvalue weighted by atomic mass is 10.1. The van der Waals surface area contributed by atoms with Crippen molar-refractivity contribution in [1.29, 1.82) is 0 Å². The molecule has 1 aliphatic rings. The molecule has 2 aromatic rings. The number of carbonyl (C=O) groups is 1. The first kappa shape index (κ1) is 13.5. The number of nitrogens with two attached hydrogens (primary N) is 1. The lowest BCUT2D eigenvalue weighted by Gasteiger charge is -2.20. The SMILES string of the molecule is CCOC(=O)c1cc(N2CCc3ccccc32)ccc1N. The van der Waals surface area contributed by atoms with Crippen LogP contribution in [0.15, 0.2) is 42.5 Å². The van der Waals surface area contributed by atoms with Crippen LogP contribution in [0.3, 0.4) is 0 Å². The standard InChI is InChI=1S/C17H18N2O2/c1-2-21-17(20)14-11-13(7-8-15(14)18)19-10-9-12-5-3-4-6-16(12)19/h3-8,11H,2,9-10,18H2,1H3. The van der Waals surface area contributed by atoms with E-state index in [2.05, 4.69) is 23.1 Å². The van der Waals surface area contributed by atoms with Gasteiger partial charge >= 0.3 is 5.97 Å². The molecule has 4 heteroatoms. The number of ether oxygens (including phenoxy) is 1. The maximum Gasteiger partial charge on any atom is 0.340 e. The average Bonchev–Trinajstić information content (AvgIpc) is 2.92. The fourth-order valence-corrected chi connectivity index (χ4v) is 2.70. The lowest BCUT2D eigenvalue weighted by Crippen LogP contribution is -2.15. The fraction of sp³-hybridized carbons (Fsp3) is 0.235. The van der Waals surface area contributed by atoms with Crippen LogP contribution in [0, 0.1) is 0 Å². The minimum Gasteiger partial charge on any atom is -0.462 e. The van der Waals surface area contributed by atoms with Gasteiger partial charge in [0, 0.05) is 23.6 Å². The zero-order valence-corrected chi connectivity index (χ0v) is 12.0. The molecule has 2 N–H and O–H groups in total. The van der Waals surface area contributed by atoms with Crippen LogP contribution in [0.25, 0.3) is 0 Å². The molecule has 1 heterocycles. The molecule has 21 heavy (non-hydrogen) atoms. The van der Waals surface area contributed by atoms with Gasteiger partial charge in [0.05, 0.1) is 12.2 Å². The van der Waals surface area contributed by atoms with Crippen molar-refractivity contribution in [2.75, 3.05) is 23.8 Å². The summed E-state index contributed by atoms with van der Waals surface area (Å²) < 4.78 is 5.06. The summed E-state index contributed by atoms with van der Waals surface area (Å²) in [5, 5.41) is 0. The van der Waals surface area contributed by atoms with Crippen LogP contribution >= 0.6 is 0 Å². The molecular formula is C17H18N2O2. The van der Waals surface area contributed by atoms with Gasteiger partial charge in [0.25, 0.3) is 0 Å². The number of para-hydroxylation sites is 1. The number of esters is 1. The monoisotopic (exact) mass is 282 g/mol. The zero-order chi connectivity index (χ0) is 14.8. The average molecular weight is 282 g/mol. The number of nitrogens with zero attached hydrogens (tertiary/aromatic N) is 1. The molecule has 2 aromatic carbocycles. The van der Waals surface area contributed by atoms with Crippen molar-refractivity contribution < 1.29 is 9.53 Å². The van der Waals surface area contributed by atoms with E-state index in [1.807, 2.05) is 18.2 Å². The number of benzene rings is 2. The summed E-state index contributed by atoms with van der Waals surface area (Å²) in [4.78, 5) is 14.2. The first-order chi connectivity index (χ1) is 10.2. The molecule has 4 nitrogen and oxygen atoms in total. The minimum absolute atomic E-state index is 0.342. The van der Waals surface area contributed by atoms with Crippen LogP contribution < -0.4 is 10.6 Å². The van der Waals surface area contributed by atoms with Gasteiger partial charge in [-0.25, -0.2) is 4.79 Å². The maximum atomic E-state index is 12.0. The van der Waals surface area contributed by atoms with Crippen molar-refractivity contribution in [1.82, 2.24) is 0 Å². The van der Waals surface area contributed by atoms with Crippen LogP contribution in [-0.2, 0) is 11.2 Å². The van der Waals surface area contributed by atoms with Crippen LogP contribution in [-0.4, -0.2) is 19.1 Å². The Hall–Kier alpha value is -2.49. The highest BCUT2D eigenvalue weighted by Crippen LogP contribution is 2.35. The van der Waals surface area contributed by atoms with Gasteiger partial charge in [0.15, 0.2) is 0 Å². The molecule has 0 atom stereocenters. The summed E-state index contributed by atoms with van der Waals surface area (Å²) >= 11 is 0. The topological polar surface area (TPSA) is 55.6 Å². The molecule has 0 aliphatic carbocycles. The third-order valence-electron chi connectivity index (χ3n) is 3.73. The van der Waals surface area contributed by atoms with Crippen molar-refractivity contribution in [3.8, 4) is 0 Å². The van der Waals surface area contributed by atoms with E-state index in [-0.39, 0.29) is 5.97 Å². The van der Waals surface area contributed by atoms with E-state index in [9.17, 15) is 4.79 Å². The van der Waals surface area contributed by atoms with Gasteiger partial charge < -0.3 is 15.4 Å². The zero-order valence-electron chi connectivity index (χ0n) is 12.0. The molecule has 108 valence electrons. The minimum atomic E-state index is -0.371. The molecule has 1 aliphatic heterocycles. The first-order valence-electron chi connectivity index (χ1n) is 7.13. The van der Waals surface area contributed by atoms with Gasteiger partial charge in [0.2, 0.25) is 0 Å². The Balaban J connectivity index is 1.97. The molecule has 0 radical (unpaired) electrons. The summed E-state index contributed by atoms with van der Waals surface area (Å²) in [6.45, 7) is 3.04. The molecule has 0 spiro atoms. The van der Waals surface area contributed by atoms with E-state index < -0.39 is 0 Å². The Morgan fingerprint density at radius 2 is 2.10 bits per heavy atom. The molecule has 0 fully saturated rings. The highest BCUT2D eigenvalue weighted by atomic mass is 16.5. The summed E-state index contributed by atoms with van der Waals surface area (Å²) in [7, 11) is 0. The van der Waals surface area contributed by atoms with E-state index in [4.69, 9.17) is 10.5 Å². The second-order valence-electron chi connectivity index (χ2n) is 5.02. The number of hydrogen-bond acceptors (Lipinski definition) is 4. The number of fused-ring (bicyclic) bond motifs is 1. The predicted molar refractivity (Wildman–Crippen MR) is 84.0 cm³/mol. The third kappa shape index (κ3) is 2.44. The lowest BCUT2D eigenvalue weighted by molar-refractivity contribution is 0.0527. The highest BCUT2D eigenvalue weighted by Gasteiger charge is 2.21. The summed E-state index contributed by atoms with van der Waals surface area (Å²) in [5.41, 5.74) is 10.3. The van der Waals surface area contributed by atoms with Gasteiger partial charge in [-0.1, -0.05) is 18.2 Å². The van der Waals surface area contributed by atoms with Crippen molar-refractivity contribution >= 4 is 23.0 Å². The number of hydrogen-bond donors (Lipinski definition) is 1. The second-order valence-corrected chi connectivity index (χ2v) is 5.02. The van der Waals surface area contributed by atoms with Crippen molar-refractivity contribution in [3.05, 3.63) is 53.6 Å². The molecule has 0 saturated carbocycles. The van der Waals surface area contributed by atoms with Crippen LogP contribution in [0.5, 0.6) is 0 Å². The van der Waals surface area contributed by atoms with E-state index in [1.165, 1.54) is 11.3 Å². The van der Waals surface area contributed by atoms with E-state index >= 15 is 0 Å². The van der Waals surface area contributed by atoms with Crippen molar-refractivity contribution in [2.24, 2.45) is 0 Å². The van der Waals surface area contributed by atoms with Gasteiger partial charge in [-0.05, 0) is 43.2 Å². The largest absolute Gasteiger partial charge is 0.462 e. The van der Waals surface area contributed by atoms with Crippen molar-refractivity contribution in [3.63, 3.8) is 0 Å². The molecular weight excluding hydrogens is 264 g/mol. The molecule has 3 rings (SSSR count). The molecule has 0 aromatic heterocycles. The molecule has 0 amide bonds. The Kier molecular flexibility index (Phi) is 3.52. The molecule has 0 saturated heterocycles. The van der Waals surface area contributed by atoms with Gasteiger partial charge in [-0.15, -0.1) is 0 Å². The fourth-order valence-electron chi connectivity index (χ4n) is 2.70. The molecule has 0 bridgehead atoms. The van der Waals surface area contributed by atoms with E-state index in [1.54, 1.807) is 13.0 Å². The number of nitrogen functional groups attached to an aromatic ring is 1. The maximum absolute atomic E-state index is 12.0. The number of anilines is 3. The Morgan fingerprint density at radius 3 is 2.90 bits per heavy atom. The summed E-state index contributed by atoms with van der Waals surface area (Å²) in [5.74, 6) is -0.371.